The molecule has 1 unspecified atom stereocenters. The molecule has 1 aliphatic heterocycles. The van der Waals surface area contributed by atoms with Crippen molar-refractivity contribution in [2.45, 2.75) is 38.9 Å². The van der Waals surface area contributed by atoms with Gasteiger partial charge >= 0.3 is 0 Å². The van der Waals surface area contributed by atoms with Crippen LogP contribution in [-0.2, 0) is 11.4 Å². The van der Waals surface area contributed by atoms with Crippen molar-refractivity contribution in [1.29, 1.82) is 0 Å². The van der Waals surface area contributed by atoms with E-state index in [1.165, 1.54) is 6.42 Å². The molecule has 2 rings (SSSR count). The third-order valence-corrected chi connectivity index (χ3v) is 3.41. The number of nitrogens with zero attached hydrogens (tertiary/aromatic N) is 1. The Labute approximate surface area is 114 Å². The van der Waals surface area contributed by atoms with E-state index in [4.69, 9.17) is 9.84 Å². The molecule has 1 aromatic rings. The van der Waals surface area contributed by atoms with Gasteiger partial charge in [0.05, 0.1) is 6.61 Å². The second-order valence-electron chi connectivity index (χ2n) is 4.95. The maximum Gasteiger partial charge on any atom is 0.263 e. The van der Waals surface area contributed by atoms with Gasteiger partial charge in [0.15, 0.2) is 6.10 Å². The summed E-state index contributed by atoms with van der Waals surface area (Å²) in [4.78, 5) is 14.1. The number of piperidine rings is 1. The second-order valence-corrected chi connectivity index (χ2v) is 4.95. The summed E-state index contributed by atoms with van der Waals surface area (Å²) in [6, 6.07) is 7.21. The van der Waals surface area contributed by atoms with Gasteiger partial charge in [0, 0.05) is 13.1 Å². The van der Waals surface area contributed by atoms with E-state index in [0.717, 1.165) is 31.5 Å². The standard InChI is InChI=1S/C15H21NO3/c1-12(15(18)16-8-3-2-4-9-16)19-14-7-5-6-13(10-14)11-17/h5-7,10,12,17H,2-4,8-9,11H2,1H3. The number of aliphatic hydroxyl groups excluding tert-OH is 1. The van der Waals surface area contributed by atoms with E-state index in [0.29, 0.717) is 5.75 Å². The summed E-state index contributed by atoms with van der Waals surface area (Å²) in [6.45, 7) is 3.43. The number of likely N-dealkylation sites (tertiary alicyclic amines) is 1. The summed E-state index contributed by atoms with van der Waals surface area (Å²) in [5.74, 6) is 0.679. The minimum absolute atomic E-state index is 0.0222. The zero-order valence-corrected chi connectivity index (χ0v) is 11.3. The first kappa shape index (κ1) is 13.9. The van der Waals surface area contributed by atoms with Gasteiger partial charge in [0.25, 0.3) is 5.91 Å². The van der Waals surface area contributed by atoms with Crippen LogP contribution in [0.3, 0.4) is 0 Å². The molecule has 104 valence electrons. The van der Waals surface area contributed by atoms with Crippen LogP contribution >= 0.6 is 0 Å². The molecule has 0 radical (unpaired) electrons. The highest BCUT2D eigenvalue weighted by Crippen LogP contribution is 2.17. The smallest absolute Gasteiger partial charge is 0.263 e. The van der Waals surface area contributed by atoms with Gasteiger partial charge in [-0.15, -0.1) is 0 Å². The molecule has 1 atom stereocenters. The third-order valence-electron chi connectivity index (χ3n) is 3.41. The Kier molecular flexibility index (Phi) is 4.80. The lowest BCUT2D eigenvalue weighted by Crippen LogP contribution is -2.43. The molecule has 0 bridgehead atoms. The van der Waals surface area contributed by atoms with Crippen LogP contribution in [0.15, 0.2) is 24.3 Å². The minimum Gasteiger partial charge on any atom is -0.481 e. The molecule has 1 saturated heterocycles. The number of hydrogen-bond donors (Lipinski definition) is 1. The number of amides is 1. The van der Waals surface area contributed by atoms with Gasteiger partial charge in [-0.2, -0.15) is 0 Å². The van der Waals surface area contributed by atoms with E-state index in [1.54, 1.807) is 19.1 Å². The van der Waals surface area contributed by atoms with E-state index >= 15 is 0 Å². The van der Waals surface area contributed by atoms with E-state index in [2.05, 4.69) is 0 Å². The van der Waals surface area contributed by atoms with Gasteiger partial charge in [0.2, 0.25) is 0 Å². The third kappa shape index (κ3) is 3.70. The molecule has 1 amide bonds. The summed E-state index contributed by atoms with van der Waals surface area (Å²) < 4.78 is 5.67. The van der Waals surface area contributed by atoms with Crippen molar-refractivity contribution in [3.63, 3.8) is 0 Å². The predicted molar refractivity (Wildman–Crippen MR) is 72.9 cm³/mol. The average Bonchev–Trinajstić information content (AvgIpc) is 2.47. The molecule has 1 aromatic carbocycles. The van der Waals surface area contributed by atoms with E-state index < -0.39 is 6.10 Å². The first-order valence-corrected chi connectivity index (χ1v) is 6.86. The minimum atomic E-state index is -0.480. The molecule has 1 heterocycles. The molecule has 1 aliphatic rings. The van der Waals surface area contributed by atoms with Crippen LogP contribution in [-0.4, -0.2) is 35.1 Å². The normalized spacial score (nSPS) is 17.1. The van der Waals surface area contributed by atoms with Crippen molar-refractivity contribution < 1.29 is 14.6 Å². The lowest BCUT2D eigenvalue weighted by atomic mass is 10.1. The maximum absolute atomic E-state index is 12.2. The summed E-state index contributed by atoms with van der Waals surface area (Å²) in [7, 11) is 0. The van der Waals surface area contributed by atoms with Crippen LogP contribution in [0.5, 0.6) is 5.75 Å². The quantitative estimate of drug-likeness (QED) is 0.903. The summed E-state index contributed by atoms with van der Waals surface area (Å²) >= 11 is 0. The molecule has 1 N–H and O–H groups in total. The molecular weight excluding hydrogens is 242 g/mol. The van der Waals surface area contributed by atoms with Gasteiger partial charge < -0.3 is 14.7 Å². The fraction of sp³-hybridized carbons (Fsp3) is 0.533. The van der Waals surface area contributed by atoms with E-state index in [9.17, 15) is 4.79 Å². The summed E-state index contributed by atoms with van der Waals surface area (Å²) in [5.41, 5.74) is 0.787. The summed E-state index contributed by atoms with van der Waals surface area (Å²) in [6.07, 6.45) is 2.89. The average molecular weight is 263 g/mol. The van der Waals surface area contributed by atoms with E-state index in [1.807, 2.05) is 17.0 Å². The first-order chi connectivity index (χ1) is 9.20. The molecule has 4 nitrogen and oxygen atoms in total. The number of carbonyl (C=O) groups is 1. The number of rotatable bonds is 4. The Bertz CT molecular complexity index is 427. The van der Waals surface area contributed by atoms with Gasteiger partial charge in [-0.25, -0.2) is 0 Å². The van der Waals surface area contributed by atoms with Gasteiger partial charge in [-0.05, 0) is 43.9 Å². The van der Waals surface area contributed by atoms with Crippen LogP contribution in [0.1, 0.15) is 31.7 Å². The second kappa shape index (κ2) is 6.57. The molecule has 1 fully saturated rings. The highest BCUT2D eigenvalue weighted by atomic mass is 16.5. The molecule has 0 spiro atoms. The molecular formula is C15H21NO3. The van der Waals surface area contributed by atoms with Gasteiger partial charge in [-0.3, -0.25) is 4.79 Å². The summed E-state index contributed by atoms with van der Waals surface area (Å²) in [5, 5.41) is 9.08. The maximum atomic E-state index is 12.2. The molecule has 19 heavy (non-hydrogen) atoms. The highest BCUT2D eigenvalue weighted by Gasteiger charge is 2.23. The number of carbonyl (C=O) groups excluding carboxylic acids is 1. The fourth-order valence-electron chi connectivity index (χ4n) is 2.34. The topological polar surface area (TPSA) is 49.8 Å². The number of benzene rings is 1. The van der Waals surface area contributed by atoms with Crippen molar-refractivity contribution in [2.75, 3.05) is 13.1 Å². The van der Waals surface area contributed by atoms with Crippen LogP contribution < -0.4 is 4.74 Å². The van der Waals surface area contributed by atoms with Crippen LogP contribution in [0.2, 0.25) is 0 Å². The van der Waals surface area contributed by atoms with Crippen molar-refractivity contribution in [1.82, 2.24) is 4.90 Å². The van der Waals surface area contributed by atoms with Crippen LogP contribution in [0, 0.1) is 0 Å². The van der Waals surface area contributed by atoms with E-state index in [-0.39, 0.29) is 12.5 Å². The van der Waals surface area contributed by atoms with Crippen LogP contribution in [0.4, 0.5) is 0 Å². The Balaban J connectivity index is 1.95. The first-order valence-electron chi connectivity index (χ1n) is 6.86. The zero-order valence-electron chi connectivity index (χ0n) is 11.3. The number of hydrogen-bond acceptors (Lipinski definition) is 3. The Morgan fingerprint density at radius 2 is 2.11 bits per heavy atom. The Morgan fingerprint density at radius 1 is 1.37 bits per heavy atom. The molecule has 0 aliphatic carbocycles. The lowest BCUT2D eigenvalue weighted by molar-refractivity contribution is -0.138. The van der Waals surface area contributed by atoms with Crippen molar-refractivity contribution in [3.05, 3.63) is 29.8 Å². The molecule has 4 heteroatoms. The number of ether oxygens (including phenoxy) is 1. The van der Waals surface area contributed by atoms with Crippen molar-refractivity contribution in [3.8, 4) is 5.75 Å². The SMILES string of the molecule is CC(Oc1cccc(CO)c1)C(=O)N1CCCCC1. The van der Waals surface area contributed by atoms with Crippen molar-refractivity contribution >= 4 is 5.91 Å². The monoisotopic (exact) mass is 263 g/mol. The molecule has 0 saturated carbocycles. The van der Waals surface area contributed by atoms with Crippen molar-refractivity contribution in [2.24, 2.45) is 0 Å². The predicted octanol–water partition coefficient (Wildman–Crippen LogP) is 1.96. The highest BCUT2D eigenvalue weighted by molar-refractivity contribution is 5.81. The zero-order chi connectivity index (χ0) is 13.7. The number of aliphatic hydroxyl groups is 1. The van der Waals surface area contributed by atoms with Crippen LogP contribution in [0.25, 0.3) is 0 Å². The Hall–Kier alpha value is -1.55. The Morgan fingerprint density at radius 3 is 2.79 bits per heavy atom. The largest absolute Gasteiger partial charge is 0.481 e. The van der Waals surface area contributed by atoms with Gasteiger partial charge in [0.1, 0.15) is 5.75 Å². The van der Waals surface area contributed by atoms with Gasteiger partial charge in [-0.1, -0.05) is 12.1 Å². The fourth-order valence-corrected chi connectivity index (χ4v) is 2.34. The molecule has 0 aromatic heterocycles. The lowest BCUT2D eigenvalue weighted by Gasteiger charge is -2.29.